The number of anilines is 2. The van der Waals surface area contributed by atoms with Gasteiger partial charge in [-0.2, -0.15) is 4.98 Å². The van der Waals surface area contributed by atoms with Crippen LogP contribution in [0.15, 0.2) is 36.4 Å². The van der Waals surface area contributed by atoms with Crippen LogP contribution in [-0.4, -0.2) is 56.9 Å². The molecule has 1 saturated heterocycles. The molecule has 0 aliphatic carbocycles. The van der Waals surface area contributed by atoms with Crippen molar-refractivity contribution in [3.63, 3.8) is 0 Å². The molecule has 0 spiro atoms. The molecule has 1 aromatic carbocycles. The van der Waals surface area contributed by atoms with Crippen molar-refractivity contribution in [2.45, 2.75) is 26.2 Å². The Morgan fingerprint density at radius 3 is 2.59 bits per heavy atom. The summed E-state index contributed by atoms with van der Waals surface area (Å²) in [6.45, 7) is 4.73. The van der Waals surface area contributed by atoms with Crippen LogP contribution >= 0.6 is 0 Å². The summed E-state index contributed by atoms with van der Waals surface area (Å²) in [5.74, 6) is 2.02. The van der Waals surface area contributed by atoms with Crippen LogP contribution in [0, 0.1) is 6.92 Å². The first-order valence-electron chi connectivity index (χ1n) is 10.0. The Hall–Kier alpha value is -2.39. The summed E-state index contributed by atoms with van der Waals surface area (Å²) in [4.78, 5) is 11.3. The molecule has 1 aliphatic rings. The standard InChI is InChI=1S/C20H29N5O3S/c1-17-16-19(25-12-6-3-7-13-25)24-20(23-17)21-10-11-22-29(26,27)15-14-28-18-8-4-2-5-9-18/h2,4-5,8-9,16,22H,3,6-7,10-15H2,1H3,(H,21,23,24). The van der Waals surface area contributed by atoms with Crippen LogP contribution in [-0.2, 0) is 10.0 Å². The summed E-state index contributed by atoms with van der Waals surface area (Å²) in [6, 6.07) is 11.2. The molecule has 1 aliphatic heterocycles. The van der Waals surface area contributed by atoms with Crippen molar-refractivity contribution in [1.82, 2.24) is 14.7 Å². The molecule has 0 saturated carbocycles. The van der Waals surface area contributed by atoms with E-state index in [4.69, 9.17) is 4.74 Å². The molecule has 2 heterocycles. The minimum absolute atomic E-state index is 0.0953. The van der Waals surface area contributed by atoms with Gasteiger partial charge >= 0.3 is 0 Å². The number of sulfonamides is 1. The van der Waals surface area contributed by atoms with Crippen molar-refractivity contribution in [1.29, 1.82) is 0 Å². The fraction of sp³-hybridized carbons (Fsp3) is 0.500. The average Bonchev–Trinajstić information content (AvgIpc) is 2.72. The van der Waals surface area contributed by atoms with Crippen LogP contribution in [0.1, 0.15) is 25.0 Å². The van der Waals surface area contributed by atoms with E-state index in [0.29, 0.717) is 18.2 Å². The van der Waals surface area contributed by atoms with Gasteiger partial charge in [0.05, 0.1) is 5.75 Å². The van der Waals surface area contributed by atoms with Crippen LogP contribution in [0.25, 0.3) is 0 Å². The van der Waals surface area contributed by atoms with Gasteiger partial charge in [0.25, 0.3) is 0 Å². The van der Waals surface area contributed by atoms with E-state index in [1.54, 1.807) is 12.1 Å². The first-order chi connectivity index (χ1) is 14.0. The predicted molar refractivity (Wildman–Crippen MR) is 115 cm³/mol. The van der Waals surface area contributed by atoms with Crippen molar-refractivity contribution in [2.24, 2.45) is 0 Å². The van der Waals surface area contributed by atoms with E-state index < -0.39 is 10.0 Å². The summed E-state index contributed by atoms with van der Waals surface area (Å²) in [5, 5.41) is 3.11. The molecular weight excluding hydrogens is 390 g/mol. The Balaban J connectivity index is 1.41. The van der Waals surface area contributed by atoms with Gasteiger partial charge < -0.3 is 15.0 Å². The number of nitrogens with one attached hydrogen (secondary N) is 2. The number of hydrogen-bond acceptors (Lipinski definition) is 7. The first kappa shape index (κ1) is 21.3. The lowest BCUT2D eigenvalue weighted by Gasteiger charge is -2.28. The zero-order valence-corrected chi connectivity index (χ0v) is 17.6. The van der Waals surface area contributed by atoms with E-state index in [0.717, 1.165) is 24.6 Å². The third-order valence-corrected chi connectivity index (χ3v) is 5.96. The second-order valence-corrected chi connectivity index (χ2v) is 8.97. The molecule has 2 aromatic rings. The van der Waals surface area contributed by atoms with Crippen LogP contribution in [0.2, 0.25) is 0 Å². The molecule has 2 N–H and O–H groups in total. The van der Waals surface area contributed by atoms with Crippen molar-refractivity contribution in [3.05, 3.63) is 42.1 Å². The van der Waals surface area contributed by atoms with E-state index in [-0.39, 0.29) is 18.9 Å². The van der Waals surface area contributed by atoms with Gasteiger partial charge in [-0.1, -0.05) is 18.2 Å². The molecule has 0 atom stereocenters. The number of benzene rings is 1. The Morgan fingerprint density at radius 1 is 1.07 bits per heavy atom. The fourth-order valence-corrected chi connectivity index (χ4v) is 4.02. The van der Waals surface area contributed by atoms with E-state index in [9.17, 15) is 8.42 Å². The van der Waals surface area contributed by atoms with Gasteiger partial charge in [0.15, 0.2) is 0 Å². The second-order valence-electron chi connectivity index (χ2n) is 7.04. The monoisotopic (exact) mass is 419 g/mol. The van der Waals surface area contributed by atoms with Crippen LogP contribution in [0.3, 0.4) is 0 Å². The quantitative estimate of drug-likeness (QED) is 0.570. The smallest absolute Gasteiger partial charge is 0.224 e. The maximum atomic E-state index is 12.1. The van der Waals surface area contributed by atoms with Gasteiger partial charge in [-0.25, -0.2) is 18.1 Å². The number of aryl methyl sites for hydroxylation is 1. The number of rotatable bonds is 10. The lowest BCUT2D eigenvalue weighted by Crippen LogP contribution is -2.33. The first-order valence-corrected chi connectivity index (χ1v) is 11.7. The van der Waals surface area contributed by atoms with E-state index >= 15 is 0 Å². The molecule has 0 amide bonds. The van der Waals surface area contributed by atoms with Gasteiger partial charge in [-0.15, -0.1) is 0 Å². The SMILES string of the molecule is Cc1cc(N2CCCCC2)nc(NCCNS(=O)(=O)CCOc2ccccc2)n1. The minimum Gasteiger partial charge on any atom is -0.492 e. The molecule has 0 unspecified atom stereocenters. The molecule has 1 aromatic heterocycles. The zero-order valence-electron chi connectivity index (χ0n) is 16.8. The molecule has 29 heavy (non-hydrogen) atoms. The Bertz CT molecular complexity index is 871. The summed E-state index contributed by atoms with van der Waals surface area (Å²) >= 11 is 0. The van der Waals surface area contributed by atoms with Crippen LogP contribution in [0.5, 0.6) is 5.75 Å². The Labute approximate surface area is 172 Å². The molecule has 9 heteroatoms. The predicted octanol–water partition coefficient (Wildman–Crippen LogP) is 2.19. The molecule has 8 nitrogen and oxygen atoms in total. The zero-order chi connectivity index (χ0) is 20.5. The summed E-state index contributed by atoms with van der Waals surface area (Å²) in [7, 11) is -3.40. The highest BCUT2D eigenvalue weighted by atomic mass is 32.2. The molecule has 3 rings (SSSR count). The fourth-order valence-electron chi connectivity index (χ4n) is 3.15. The second kappa shape index (κ2) is 10.4. The third kappa shape index (κ3) is 7.17. The lowest BCUT2D eigenvalue weighted by molar-refractivity contribution is 0.340. The molecule has 0 bridgehead atoms. The number of hydrogen-bond donors (Lipinski definition) is 2. The van der Waals surface area contributed by atoms with Gasteiger partial charge in [0, 0.05) is 37.9 Å². The highest BCUT2D eigenvalue weighted by Gasteiger charge is 2.14. The normalized spacial score (nSPS) is 14.6. The van der Waals surface area contributed by atoms with Gasteiger partial charge in [-0.05, 0) is 38.3 Å². The van der Waals surface area contributed by atoms with Gasteiger partial charge in [0.2, 0.25) is 16.0 Å². The lowest BCUT2D eigenvalue weighted by atomic mass is 10.1. The number of para-hydroxylation sites is 1. The molecule has 0 radical (unpaired) electrons. The van der Waals surface area contributed by atoms with E-state index in [1.165, 1.54) is 19.3 Å². The van der Waals surface area contributed by atoms with Crippen molar-refractivity contribution >= 4 is 21.8 Å². The summed E-state index contributed by atoms with van der Waals surface area (Å²) < 4.78 is 32.2. The Morgan fingerprint density at radius 2 is 1.83 bits per heavy atom. The van der Waals surface area contributed by atoms with Gasteiger partial charge in [-0.3, -0.25) is 0 Å². The van der Waals surface area contributed by atoms with Crippen molar-refractivity contribution < 1.29 is 13.2 Å². The van der Waals surface area contributed by atoms with Crippen molar-refractivity contribution in [2.75, 3.05) is 48.8 Å². The Kier molecular flexibility index (Phi) is 7.65. The van der Waals surface area contributed by atoms with E-state index in [1.807, 2.05) is 31.2 Å². The largest absolute Gasteiger partial charge is 0.492 e. The molecule has 1 fully saturated rings. The molecular formula is C20H29N5O3S. The number of ether oxygens (including phenoxy) is 1. The minimum atomic E-state index is -3.40. The van der Waals surface area contributed by atoms with Crippen LogP contribution < -0.4 is 19.7 Å². The molecule has 158 valence electrons. The average molecular weight is 420 g/mol. The topological polar surface area (TPSA) is 96.5 Å². The van der Waals surface area contributed by atoms with E-state index in [2.05, 4.69) is 24.9 Å². The highest BCUT2D eigenvalue weighted by Crippen LogP contribution is 2.19. The van der Waals surface area contributed by atoms with Crippen LogP contribution in [0.4, 0.5) is 11.8 Å². The maximum Gasteiger partial charge on any atom is 0.224 e. The number of piperidine rings is 1. The highest BCUT2D eigenvalue weighted by molar-refractivity contribution is 7.89. The van der Waals surface area contributed by atoms with Crippen molar-refractivity contribution in [3.8, 4) is 5.75 Å². The maximum absolute atomic E-state index is 12.1. The number of aromatic nitrogens is 2. The summed E-state index contributed by atoms with van der Waals surface area (Å²) in [6.07, 6.45) is 3.63. The number of nitrogens with zero attached hydrogens (tertiary/aromatic N) is 3. The third-order valence-electron chi connectivity index (χ3n) is 4.61. The van der Waals surface area contributed by atoms with Gasteiger partial charge in [0.1, 0.15) is 18.2 Å². The summed E-state index contributed by atoms with van der Waals surface area (Å²) in [5.41, 5.74) is 0.890.